The van der Waals surface area contributed by atoms with E-state index in [4.69, 9.17) is 0 Å². The highest BCUT2D eigenvalue weighted by molar-refractivity contribution is 5.09. The Morgan fingerprint density at radius 2 is 1.82 bits per heavy atom. The average Bonchev–Trinajstić information content (AvgIpc) is 2.36. The van der Waals surface area contributed by atoms with Crippen LogP contribution in [0.3, 0.4) is 0 Å². The molecule has 0 radical (unpaired) electrons. The van der Waals surface area contributed by atoms with Gasteiger partial charge >= 0.3 is 0 Å². The van der Waals surface area contributed by atoms with E-state index < -0.39 is 5.60 Å². The number of hydrogen-bond acceptors (Lipinski definition) is 1. The van der Waals surface area contributed by atoms with Gasteiger partial charge in [0.15, 0.2) is 0 Å². The second-order valence-electron chi connectivity index (χ2n) is 9.35. The number of hydrogen-bond donors (Lipinski definition) is 1. The molecule has 2 aliphatic rings. The molecule has 0 aliphatic heterocycles. The lowest BCUT2D eigenvalue weighted by molar-refractivity contribution is -0.168. The SMILES string of the molecule is CC/C=C(\C)CCC1C(C)(O)CCC2C(C)(C)CCC[C@@]21C. The molecule has 2 aliphatic carbocycles. The first-order chi connectivity index (χ1) is 10.1. The molecule has 0 amide bonds. The van der Waals surface area contributed by atoms with Gasteiger partial charge in [-0.15, -0.1) is 0 Å². The molecule has 2 saturated carbocycles. The molecule has 0 spiro atoms. The normalized spacial score (nSPS) is 42.0. The molecule has 1 nitrogen and oxygen atoms in total. The van der Waals surface area contributed by atoms with E-state index in [0.29, 0.717) is 16.7 Å². The monoisotopic (exact) mass is 306 g/mol. The number of aliphatic hydroxyl groups is 1. The van der Waals surface area contributed by atoms with Crippen LogP contribution in [0.2, 0.25) is 0 Å². The number of allylic oxidation sites excluding steroid dienone is 2. The van der Waals surface area contributed by atoms with Gasteiger partial charge in [0.05, 0.1) is 5.60 Å². The van der Waals surface area contributed by atoms with Crippen molar-refractivity contribution >= 4 is 0 Å². The quantitative estimate of drug-likeness (QED) is 0.621. The van der Waals surface area contributed by atoms with Crippen molar-refractivity contribution in [1.29, 1.82) is 0 Å². The van der Waals surface area contributed by atoms with Crippen molar-refractivity contribution < 1.29 is 5.11 Å². The Balaban J connectivity index is 2.24. The summed E-state index contributed by atoms with van der Waals surface area (Å²) in [5.74, 6) is 1.22. The van der Waals surface area contributed by atoms with E-state index in [1.54, 1.807) is 0 Å². The van der Waals surface area contributed by atoms with Gasteiger partial charge in [-0.2, -0.15) is 0 Å². The summed E-state index contributed by atoms with van der Waals surface area (Å²) in [6, 6.07) is 0. The summed E-state index contributed by atoms with van der Waals surface area (Å²) < 4.78 is 0. The summed E-state index contributed by atoms with van der Waals surface area (Å²) >= 11 is 0. The van der Waals surface area contributed by atoms with Gasteiger partial charge in [0, 0.05) is 0 Å². The molecule has 4 atom stereocenters. The largest absolute Gasteiger partial charge is 0.390 e. The highest BCUT2D eigenvalue weighted by Crippen LogP contribution is 2.62. The fourth-order valence-electron chi connectivity index (χ4n) is 6.09. The molecule has 128 valence electrons. The Kier molecular flexibility index (Phi) is 5.17. The Morgan fingerprint density at radius 1 is 1.14 bits per heavy atom. The molecule has 22 heavy (non-hydrogen) atoms. The van der Waals surface area contributed by atoms with Gasteiger partial charge in [-0.05, 0) is 81.5 Å². The van der Waals surface area contributed by atoms with E-state index in [2.05, 4.69) is 47.6 Å². The van der Waals surface area contributed by atoms with Crippen LogP contribution in [0.4, 0.5) is 0 Å². The fourth-order valence-corrected chi connectivity index (χ4v) is 6.09. The molecule has 3 unspecified atom stereocenters. The Bertz CT molecular complexity index is 418. The number of rotatable bonds is 4. The molecule has 0 aromatic heterocycles. The molecule has 1 N–H and O–H groups in total. The maximum absolute atomic E-state index is 11.1. The topological polar surface area (TPSA) is 20.2 Å². The van der Waals surface area contributed by atoms with E-state index in [-0.39, 0.29) is 0 Å². The van der Waals surface area contributed by atoms with Crippen LogP contribution in [-0.4, -0.2) is 10.7 Å². The lowest BCUT2D eigenvalue weighted by Crippen LogP contribution is -2.57. The van der Waals surface area contributed by atoms with E-state index >= 15 is 0 Å². The summed E-state index contributed by atoms with van der Waals surface area (Å²) in [6.07, 6.45) is 12.0. The highest BCUT2D eigenvalue weighted by Gasteiger charge is 2.57. The van der Waals surface area contributed by atoms with Gasteiger partial charge in [0.25, 0.3) is 0 Å². The predicted molar refractivity (Wildman–Crippen MR) is 95.9 cm³/mol. The summed E-state index contributed by atoms with van der Waals surface area (Å²) in [5.41, 5.74) is 1.77. The second-order valence-corrected chi connectivity index (χ2v) is 9.35. The van der Waals surface area contributed by atoms with Crippen LogP contribution in [0.25, 0.3) is 0 Å². The summed E-state index contributed by atoms with van der Waals surface area (Å²) in [5, 5.41) is 11.1. The first-order valence-electron chi connectivity index (χ1n) is 9.51. The molecule has 0 aromatic carbocycles. The zero-order valence-corrected chi connectivity index (χ0v) is 15.8. The molecule has 2 rings (SSSR count). The van der Waals surface area contributed by atoms with Gasteiger partial charge in [0.2, 0.25) is 0 Å². The van der Waals surface area contributed by atoms with Crippen molar-refractivity contribution in [2.75, 3.05) is 0 Å². The molecule has 0 bridgehead atoms. The predicted octanol–water partition coefficient (Wildman–Crippen LogP) is 6.12. The lowest BCUT2D eigenvalue weighted by atomic mass is 9.45. The van der Waals surface area contributed by atoms with Gasteiger partial charge in [-0.25, -0.2) is 0 Å². The van der Waals surface area contributed by atoms with Crippen molar-refractivity contribution in [3.05, 3.63) is 11.6 Å². The fraction of sp³-hybridized carbons (Fsp3) is 0.905. The summed E-state index contributed by atoms with van der Waals surface area (Å²) in [7, 11) is 0. The minimum absolute atomic E-state index is 0.315. The van der Waals surface area contributed by atoms with Crippen molar-refractivity contribution in [3.8, 4) is 0 Å². The molecule has 2 fully saturated rings. The average molecular weight is 307 g/mol. The van der Waals surface area contributed by atoms with Crippen LogP contribution in [0.5, 0.6) is 0 Å². The van der Waals surface area contributed by atoms with Gasteiger partial charge in [-0.1, -0.05) is 45.8 Å². The van der Waals surface area contributed by atoms with Crippen LogP contribution in [-0.2, 0) is 0 Å². The van der Waals surface area contributed by atoms with Gasteiger partial charge in [0.1, 0.15) is 0 Å². The minimum atomic E-state index is -0.481. The maximum atomic E-state index is 11.1. The molecule has 0 saturated heterocycles. The number of fused-ring (bicyclic) bond motifs is 1. The summed E-state index contributed by atoms with van der Waals surface area (Å²) in [4.78, 5) is 0. The third kappa shape index (κ3) is 3.30. The molecule has 0 aromatic rings. The van der Waals surface area contributed by atoms with E-state index in [1.807, 2.05) is 0 Å². The lowest BCUT2D eigenvalue weighted by Gasteiger charge is -2.61. The first kappa shape index (κ1) is 18.0. The van der Waals surface area contributed by atoms with E-state index in [1.165, 1.54) is 31.3 Å². The third-order valence-electron chi connectivity index (χ3n) is 7.14. The minimum Gasteiger partial charge on any atom is -0.390 e. The zero-order valence-electron chi connectivity index (χ0n) is 15.8. The second kappa shape index (κ2) is 6.30. The molecular formula is C21H38O. The Labute approximate surface area is 138 Å². The Hall–Kier alpha value is -0.300. The van der Waals surface area contributed by atoms with Crippen LogP contribution in [0, 0.1) is 22.7 Å². The van der Waals surface area contributed by atoms with Crippen molar-refractivity contribution in [1.82, 2.24) is 0 Å². The summed E-state index contributed by atoms with van der Waals surface area (Å²) in [6.45, 7) is 14.0. The van der Waals surface area contributed by atoms with Gasteiger partial charge in [-0.3, -0.25) is 0 Å². The standard InChI is InChI=1S/C21H38O/c1-7-9-16(2)10-11-18-20(5)14-8-13-19(3,4)17(20)12-15-21(18,6)22/h9,17-18,22H,7-8,10-15H2,1-6H3/b16-9+/t17?,18?,20-,21?/m0/s1. The van der Waals surface area contributed by atoms with Crippen molar-refractivity contribution in [2.24, 2.45) is 22.7 Å². The molecular weight excluding hydrogens is 268 g/mol. The third-order valence-corrected chi connectivity index (χ3v) is 7.14. The smallest absolute Gasteiger partial charge is 0.0653 e. The highest BCUT2D eigenvalue weighted by atomic mass is 16.3. The molecule has 0 heterocycles. The van der Waals surface area contributed by atoms with Crippen LogP contribution < -0.4 is 0 Å². The van der Waals surface area contributed by atoms with Crippen LogP contribution in [0.15, 0.2) is 11.6 Å². The van der Waals surface area contributed by atoms with Crippen LogP contribution >= 0.6 is 0 Å². The van der Waals surface area contributed by atoms with E-state index in [0.717, 1.165) is 31.6 Å². The van der Waals surface area contributed by atoms with E-state index in [9.17, 15) is 5.11 Å². The first-order valence-corrected chi connectivity index (χ1v) is 9.51. The maximum Gasteiger partial charge on any atom is 0.0653 e. The van der Waals surface area contributed by atoms with Crippen molar-refractivity contribution in [3.63, 3.8) is 0 Å². The van der Waals surface area contributed by atoms with Gasteiger partial charge < -0.3 is 5.11 Å². The van der Waals surface area contributed by atoms with Crippen LogP contribution in [0.1, 0.15) is 92.9 Å². The van der Waals surface area contributed by atoms with Crippen molar-refractivity contribution in [2.45, 2.75) is 98.5 Å². The zero-order chi connectivity index (χ0) is 16.6. The molecule has 1 heteroatoms. The Morgan fingerprint density at radius 3 is 2.45 bits per heavy atom.